The number of benzene rings is 3. The second-order valence-electron chi connectivity index (χ2n) is 8.51. The molecule has 1 saturated heterocycles. The summed E-state index contributed by atoms with van der Waals surface area (Å²) in [7, 11) is 0. The molecule has 1 aliphatic rings. The largest absolute Gasteiger partial charge is 0.387 e. The Morgan fingerprint density at radius 2 is 1.20 bits per heavy atom. The van der Waals surface area contributed by atoms with Crippen molar-refractivity contribution >= 4 is 11.8 Å². The Labute approximate surface area is 212 Å². The van der Waals surface area contributed by atoms with Crippen LogP contribution in [-0.2, 0) is 38.8 Å². The molecule has 5 nitrogen and oxygen atoms in total. The normalized spacial score (nSPS) is 24.3. The first-order chi connectivity index (χ1) is 17.2. The molecule has 4 rings (SSSR count). The van der Waals surface area contributed by atoms with Gasteiger partial charge in [0.25, 0.3) is 0 Å². The average molecular weight is 495 g/mol. The Bertz CT molecular complexity index is 970. The highest BCUT2D eigenvalue weighted by Gasteiger charge is 2.46. The Hall–Kier alpha value is -2.19. The molecule has 0 radical (unpaired) electrons. The molecule has 1 N–H and O–H groups in total. The van der Waals surface area contributed by atoms with E-state index >= 15 is 0 Å². The van der Waals surface area contributed by atoms with Gasteiger partial charge in [-0.3, -0.25) is 0 Å². The minimum Gasteiger partial charge on any atom is -0.387 e. The van der Waals surface area contributed by atoms with Crippen molar-refractivity contribution < 1.29 is 24.1 Å². The summed E-state index contributed by atoms with van der Waals surface area (Å²) in [4.78, 5) is 0. The van der Waals surface area contributed by atoms with Gasteiger partial charge in [-0.2, -0.15) is 0 Å². The van der Waals surface area contributed by atoms with Crippen LogP contribution in [0.3, 0.4) is 0 Å². The number of ether oxygens (including phenoxy) is 4. The van der Waals surface area contributed by atoms with E-state index in [2.05, 4.69) is 6.92 Å². The minimum absolute atomic E-state index is 0.317. The van der Waals surface area contributed by atoms with Gasteiger partial charge >= 0.3 is 0 Å². The lowest BCUT2D eigenvalue weighted by Crippen LogP contribution is -2.59. The Morgan fingerprint density at radius 1 is 0.714 bits per heavy atom. The Kier molecular flexibility index (Phi) is 10.2. The third kappa shape index (κ3) is 7.64. The van der Waals surface area contributed by atoms with Crippen molar-refractivity contribution in [3.63, 3.8) is 0 Å². The van der Waals surface area contributed by atoms with E-state index < -0.39 is 24.4 Å². The smallest absolute Gasteiger partial charge is 0.132 e. The van der Waals surface area contributed by atoms with E-state index in [4.69, 9.17) is 18.9 Å². The number of thioether (sulfide) groups is 1. The van der Waals surface area contributed by atoms with Gasteiger partial charge in [-0.25, -0.2) is 0 Å². The lowest BCUT2D eigenvalue weighted by molar-refractivity contribution is -0.240. The quantitative estimate of drug-likeness (QED) is 0.373. The molecule has 5 atom stereocenters. The second-order valence-corrected chi connectivity index (χ2v) is 9.89. The Morgan fingerprint density at radius 3 is 1.71 bits per heavy atom. The SMILES string of the molecule is CCS[C@H]1O[C@H](COCc2ccccc2)[C@@H](OCc2ccccc2)[C@H](O)[C@@H]1OCc1ccccc1. The topological polar surface area (TPSA) is 57.2 Å². The van der Waals surface area contributed by atoms with E-state index in [0.717, 1.165) is 22.4 Å². The summed E-state index contributed by atoms with van der Waals surface area (Å²) in [6.07, 6.45) is -2.38. The summed E-state index contributed by atoms with van der Waals surface area (Å²) in [5.74, 6) is 0.843. The average Bonchev–Trinajstić information content (AvgIpc) is 2.90. The van der Waals surface area contributed by atoms with Crippen molar-refractivity contribution in [1.82, 2.24) is 0 Å². The fourth-order valence-corrected chi connectivity index (χ4v) is 5.09. The van der Waals surface area contributed by atoms with Gasteiger partial charge in [-0.15, -0.1) is 11.8 Å². The highest BCUT2D eigenvalue weighted by Crippen LogP contribution is 2.33. The molecule has 35 heavy (non-hydrogen) atoms. The second kappa shape index (κ2) is 13.8. The van der Waals surface area contributed by atoms with Crippen LogP contribution in [0.15, 0.2) is 91.0 Å². The molecule has 1 heterocycles. The number of aliphatic hydroxyl groups excluding tert-OH is 1. The van der Waals surface area contributed by atoms with Crippen molar-refractivity contribution in [1.29, 1.82) is 0 Å². The van der Waals surface area contributed by atoms with Gasteiger partial charge in [0, 0.05) is 0 Å². The van der Waals surface area contributed by atoms with Crippen molar-refractivity contribution in [2.45, 2.75) is 56.6 Å². The Balaban J connectivity index is 1.46. The lowest BCUT2D eigenvalue weighted by Gasteiger charge is -2.44. The van der Waals surface area contributed by atoms with E-state index in [-0.39, 0.29) is 5.44 Å². The molecule has 3 aromatic carbocycles. The van der Waals surface area contributed by atoms with Gasteiger partial charge in [-0.05, 0) is 22.4 Å². The molecule has 186 valence electrons. The van der Waals surface area contributed by atoms with E-state index in [1.54, 1.807) is 11.8 Å². The molecule has 0 bridgehead atoms. The highest BCUT2D eigenvalue weighted by atomic mass is 32.2. The van der Waals surface area contributed by atoms with Crippen LogP contribution in [0.1, 0.15) is 23.6 Å². The van der Waals surface area contributed by atoms with E-state index in [0.29, 0.717) is 26.4 Å². The summed E-state index contributed by atoms with van der Waals surface area (Å²) < 4.78 is 25.0. The predicted octanol–water partition coefficient (Wildman–Crippen LogP) is 5.21. The van der Waals surface area contributed by atoms with Crippen LogP contribution in [0, 0.1) is 0 Å². The van der Waals surface area contributed by atoms with Crippen LogP contribution < -0.4 is 0 Å². The van der Waals surface area contributed by atoms with Crippen LogP contribution >= 0.6 is 11.8 Å². The monoisotopic (exact) mass is 494 g/mol. The number of aliphatic hydroxyl groups is 1. The van der Waals surface area contributed by atoms with Gasteiger partial charge in [0.2, 0.25) is 0 Å². The molecular weight excluding hydrogens is 460 g/mol. The van der Waals surface area contributed by atoms with Crippen LogP contribution in [0.4, 0.5) is 0 Å². The van der Waals surface area contributed by atoms with Gasteiger partial charge in [0.1, 0.15) is 29.9 Å². The molecule has 0 amide bonds. The molecule has 3 aromatic rings. The first-order valence-electron chi connectivity index (χ1n) is 12.1. The standard InChI is InChI=1S/C29H34O5S/c1-2-35-29-28(33-20-24-16-10-5-11-17-24)26(30)27(32-19-23-14-8-4-9-15-23)25(34-29)21-31-18-22-12-6-3-7-13-22/h3-17,25-30H,2,18-21H2,1H3/t25-,26+,27-,28+,29-/m1/s1. The highest BCUT2D eigenvalue weighted by molar-refractivity contribution is 7.99. The molecule has 1 fully saturated rings. The van der Waals surface area contributed by atoms with E-state index in [9.17, 15) is 5.11 Å². The van der Waals surface area contributed by atoms with Crippen LogP contribution in [0.2, 0.25) is 0 Å². The van der Waals surface area contributed by atoms with Crippen LogP contribution in [-0.4, -0.2) is 47.3 Å². The van der Waals surface area contributed by atoms with Gasteiger partial charge in [-0.1, -0.05) is 97.9 Å². The fraction of sp³-hybridized carbons (Fsp3) is 0.379. The zero-order chi connectivity index (χ0) is 24.3. The van der Waals surface area contributed by atoms with Crippen molar-refractivity contribution in [2.24, 2.45) is 0 Å². The zero-order valence-corrected chi connectivity index (χ0v) is 20.9. The lowest BCUT2D eigenvalue weighted by atomic mass is 9.99. The molecule has 0 unspecified atom stereocenters. The summed E-state index contributed by atoms with van der Waals surface area (Å²) in [5.41, 5.74) is 2.86. The summed E-state index contributed by atoms with van der Waals surface area (Å²) in [6, 6.07) is 30.0. The van der Waals surface area contributed by atoms with Gasteiger partial charge in [0.05, 0.1) is 26.4 Å². The molecular formula is C29H34O5S. The van der Waals surface area contributed by atoms with Crippen LogP contribution in [0.25, 0.3) is 0 Å². The molecule has 6 heteroatoms. The first-order valence-corrected chi connectivity index (χ1v) is 13.2. The minimum atomic E-state index is -0.856. The van der Waals surface area contributed by atoms with Crippen LogP contribution in [0.5, 0.6) is 0 Å². The predicted molar refractivity (Wildman–Crippen MR) is 139 cm³/mol. The zero-order valence-electron chi connectivity index (χ0n) is 20.1. The number of hydrogen-bond donors (Lipinski definition) is 1. The maximum absolute atomic E-state index is 11.5. The number of rotatable bonds is 12. The fourth-order valence-electron chi connectivity index (χ4n) is 4.11. The third-order valence-corrected chi connectivity index (χ3v) is 6.95. The third-order valence-electron chi connectivity index (χ3n) is 5.91. The maximum atomic E-state index is 11.5. The summed E-state index contributed by atoms with van der Waals surface area (Å²) in [6.45, 7) is 3.64. The molecule has 0 aliphatic carbocycles. The first kappa shape index (κ1) is 25.9. The summed E-state index contributed by atoms with van der Waals surface area (Å²) in [5, 5.41) is 11.5. The van der Waals surface area contributed by atoms with E-state index in [1.807, 2.05) is 91.0 Å². The molecule has 0 saturated carbocycles. The van der Waals surface area contributed by atoms with Crippen molar-refractivity contribution in [2.75, 3.05) is 12.4 Å². The summed E-state index contributed by atoms with van der Waals surface area (Å²) >= 11 is 1.63. The van der Waals surface area contributed by atoms with E-state index in [1.165, 1.54) is 0 Å². The molecule has 0 aromatic heterocycles. The van der Waals surface area contributed by atoms with Gasteiger partial charge in [0.15, 0.2) is 0 Å². The maximum Gasteiger partial charge on any atom is 0.132 e. The van der Waals surface area contributed by atoms with Crippen molar-refractivity contribution in [3.05, 3.63) is 108 Å². The molecule has 0 spiro atoms. The van der Waals surface area contributed by atoms with Crippen molar-refractivity contribution in [3.8, 4) is 0 Å². The molecule has 1 aliphatic heterocycles. The van der Waals surface area contributed by atoms with Gasteiger partial charge < -0.3 is 24.1 Å². The number of hydrogen-bond acceptors (Lipinski definition) is 6.